The molecule has 1 aromatic heterocycles. The van der Waals surface area contributed by atoms with Gasteiger partial charge in [0.25, 0.3) is 5.91 Å². The maximum absolute atomic E-state index is 12.3. The second-order valence-electron chi connectivity index (χ2n) is 6.45. The number of aromatic nitrogens is 1. The molecule has 1 atom stereocenters. The molecule has 0 radical (unpaired) electrons. The van der Waals surface area contributed by atoms with E-state index in [9.17, 15) is 4.79 Å². The molecule has 0 aliphatic rings. The lowest BCUT2D eigenvalue weighted by atomic mass is 10.1. The average molecular weight is 356 g/mol. The Hall–Kier alpha value is -3.60. The maximum Gasteiger partial charge on any atom is 0.262 e. The molecule has 27 heavy (non-hydrogen) atoms. The first-order valence-corrected chi connectivity index (χ1v) is 8.85. The number of hydrazone groups is 1. The van der Waals surface area contributed by atoms with Crippen LogP contribution in [0.4, 0.5) is 5.69 Å². The molecule has 0 saturated heterocycles. The molecule has 4 rings (SSSR count). The number of rotatable bonds is 5. The van der Waals surface area contributed by atoms with Crippen LogP contribution in [0.3, 0.4) is 0 Å². The summed E-state index contributed by atoms with van der Waals surface area (Å²) >= 11 is 0. The number of amides is 1. The minimum absolute atomic E-state index is 0.195. The van der Waals surface area contributed by atoms with Gasteiger partial charge in [-0.1, -0.05) is 48.5 Å². The maximum atomic E-state index is 12.3. The molecule has 0 fully saturated rings. The van der Waals surface area contributed by atoms with Gasteiger partial charge in [-0.15, -0.1) is 0 Å². The second kappa shape index (κ2) is 7.33. The van der Waals surface area contributed by atoms with Crippen LogP contribution in [0, 0.1) is 0 Å². The van der Waals surface area contributed by atoms with Crippen molar-refractivity contribution in [3.05, 3.63) is 78.5 Å². The highest BCUT2D eigenvalue weighted by molar-refractivity contribution is 5.99. The van der Waals surface area contributed by atoms with Crippen molar-refractivity contribution in [2.24, 2.45) is 5.10 Å². The molecule has 3 aromatic carbocycles. The van der Waals surface area contributed by atoms with Crippen molar-refractivity contribution in [2.75, 3.05) is 5.32 Å². The Morgan fingerprint density at radius 1 is 1.04 bits per heavy atom. The van der Waals surface area contributed by atoms with Gasteiger partial charge in [-0.2, -0.15) is 5.10 Å². The fourth-order valence-corrected chi connectivity index (χ4v) is 3.06. The molecule has 0 aliphatic carbocycles. The number of nitrogens with zero attached hydrogens (tertiary/aromatic N) is 1. The van der Waals surface area contributed by atoms with Crippen LogP contribution in [0.1, 0.15) is 12.5 Å². The first-order valence-electron chi connectivity index (χ1n) is 8.85. The molecule has 0 saturated carbocycles. The Kier molecular flexibility index (Phi) is 4.58. The zero-order chi connectivity index (χ0) is 18.6. The van der Waals surface area contributed by atoms with Gasteiger partial charge in [0.15, 0.2) is 0 Å². The van der Waals surface area contributed by atoms with Crippen molar-refractivity contribution >= 4 is 39.5 Å². The molecule has 1 amide bonds. The lowest BCUT2D eigenvalue weighted by Crippen LogP contribution is -2.34. The number of benzene rings is 3. The largest absolute Gasteiger partial charge is 0.374 e. The molecule has 4 aromatic rings. The number of H-pyrrole nitrogens is 1. The molecule has 5 nitrogen and oxygen atoms in total. The molecular weight excluding hydrogens is 336 g/mol. The summed E-state index contributed by atoms with van der Waals surface area (Å²) in [6, 6.07) is 21.7. The van der Waals surface area contributed by atoms with E-state index >= 15 is 0 Å². The molecule has 0 bridgehead atoms. The van der Waals surface area contributed by atoms with Gasteiger partial charge in [-0.25, -0.2) is 5.43 Å². The van der Waals surface area contributed by atoms with Crippen LogP contribution < -0.4 is 10.7 Å². The summed E-state index contributed by atoms with van der Waals surface area (Å²) < 4.78 is 0. The first kappa shape index (κ1) is 16.8. The van der Waals surface area contributed by atoms with Gasteiger partial charge >= 0.3 is 0 Å². The van der Waals surface area contributed by atoms with Crippen molar-refractivity contribution in [3.63, 3.8) is 0 Å². The summed E-state index contributed by atoms with van der Waals surface area (Å²) in [6.07, 6.45) is 3.52. The highest BCUT2D eigenvalue weighted by Gasteiger charge is 2.12. The van der Waals surface area contributed by atoms with Gasteiger partial charge in [-0.05, 0) is 35.9 Å². The third kappa shape index (κ3) is 3.67. The number of aromatic amines is 1. The predicted octanol–water partition coefficient (Wildman–Crippen LogP) is 4.27. The summed E-state index contributed by atoms with van der Waals surface area (Å²) in [5, 5.41) is 10.7. The Balaban J connectivity index is 1.40. The van der Waals surface area contributed by atoms with Crippen molar-refractivity contribution in [3.8, 4) is 0 Å². The highest BCUT2D eigenvalue weighted by Crippen LogP contribution is 2.19. The zero-order valence-electron chi connectivity index (χ0n) is 14.9. The molecule has 3 N–H and O–H groups in total. The van der Waals surface area contributed by atoms with E-state index in [1.165, 1.54) is 5.39 Å². The van der Waals surface area contributed by atoms with E-state index < -0.39 is 6.04 Å². The lowest BCUT2D eigenvalue weighted by molar-refractivity contribution is -0.121. The first-order chi connectivity index (χ1) is 13.2. The molecule has 5 heteroatoms. The van der Waals surface area contributed by atoms with E-state index in [1.807, 2.05) is 67.7 Å². The van der Waals surface area contributed by atoms with Crippen molar-refractivity contribution in [2.45, 2.75) is 13.0 Å². The number of para-hydroxylation sites is 1. The van der Waals surface area contributed by atoms with Gasteiger partial charge in [0, 0.05) is 28.4 Å². The molecule has 1 heterocycles. The molecule has 134 valence electrons. The van der Waals surface area contributed by atoms with E-state index in [2.05, 4.69) is 33.0 Å². The van der Waals surface area contributed by atoms with E-state index in [4.69, 9.17) is 0 Å². The van der Waals surface area contributed by atoms with Crippen molar-refractivity contribution in [1.29, 1.82) is 0 Å². The van der Waals surface area contributed by atoms with Gasteiger partial charge in [0.05, 0.1) is 6.21 Å². The number of carbonyl (C=O) groups excluding carboxylic acids is 1. The number of fused-ring (bicyclic) bond motifs is 2. The Labute approximate surface area is 157 Å². The Morgan fingerprint density at radius 3 is 2.70 bits per heavy atom. The molecule has 0 aliphatic heterocycles. The van der Waals surface area contributed by atoms with Crippen LogP contribution >= 0.6 is 0 Å². The quantitative estimate of drug-likeness (QED) is 0.369. The van der Waals surface area contributed by atoms with Crippen molar-refractivity contribution in [1.82, 2.24) is 10.4 Å². The molecule has 0 spiro atoms. The standard InChI is InChI=1S/C22H20N4O/c1-15(25-19-11-10-16-6-2-3-7-17(16)12-19)22(27)26-24-14-18-13-23-21-9-5-4-8-20(18)21/h2-15,23,25H,1H3,(H,26,27)/b24-14-/t15-/m1/s1. The summed E-state index contributed by atoms with van der Waals surface area (Å²) in [4.78, 5) is 15.5. The fourth-order valence-electron chi connectivity index (χ4n) is 3.06. The molecule has 0 unspecified atom stereocenters. The lowest BCUT2D eigenvalue weighted by Gasteiger charge is -2.14. The van der Waals surface area contributed by atoms with Crippen LogP contribution in [0.2, 0.25) is 0 Å². The van der Waals surface area contributed by atoms with Crippen LogP contribution in [-0.2, 0) is 4.79 Å². The monoisotopic (exact) mass is 356 g/mol. The minimum Gasteiger partial charge on any atom is -0.374 e. The molecular formula is C22H20N4O. The van der Waals surface area contributed by atoms with Gasteiger partial charge in [0.2, 0.25) is 0 Å². The normalized spacial score (nSPS) is 12.5. The van der Waals surface area contributed by atoms with E-state index in [0.29, 0.717) is 0 Å². The van der Waals surface area contributed by atoms with E-state index in [0.717, 1.165) is 27.5 Å². The number of nitrogens with one attached hydrogen (secondary N) is 3. The van der Waals surface area contributed by atoms with Crippen LogP contribution in [0.5, 0.6) is 0 Å². The van der Waals surface area contributed by atoms with Crippen LogP contribution in [-0.4, -0.2) is 23.1 Å². The third-order valence-corrected chi connectivity index (χ3v) is 4.53. The average Bonchev–Trinajstić information content (AvgIpc) is 3.11. The summed E-state index contributed by atoms with van der Waals surface area (Å²) in [6.45, 7) is 1.81. The number of hydrogen-bond acceptors (Lipinski definition) is 3. The Bertz CT molecular complexity index is 1130. The van der Waals surface area contributed by atoms with Gasteiger partial charge < -0.3 is 10.3 Å². The third-order valence-electron chi connectivity index (χ3n) is 4.53. The number of anilines is 1. The Morgan fingerprint density at radius 2 is 1.81 bits per heavy atom. The second-order valence-corrected chi connectivity index (χ2v) is 6.45. The smallest absolute Gasteiger partial charge is 0.262 e. The SMILES string of the molecule is C[C@@H](Nc1ccc2ccccc2c1)C(=O)N/N=C\c1c[nH]c2ccccc12. The van der Waals surface area contributed by atoms with E-state index in [1.54, 1.807) is 6.21 Å². The minimum atomic E-state index is -0.411. The predicted molar refractivity (Wildman–Crippen MR) is 111 cm³/mol. The van der Waals surface area contributed by atoms with Gasteiger partial charge in [0.1, 0.15) is 6.04 Å². The van der Waals surface area contributed by atoms with Crippen LogP contribution in [0.25, 0.3) is 21.7 Å². The topological polar surface area (TPSA) is 69.3 Å². The number of hydrogen-bond donors (Lipinski definition) is 3. The van der Waals surface area contributed by atoms with E-state index in [-0.39, 0.29) is 5.91 Å². The van der Waals surface area contributed by atoms with Crippen molar-refractivity contribution < 1.29 is 4.79 Å². The summed E-state index contributed by atoms with van der Waals surface area (Å²) in [5.41, 5.74) is 5.47. The highest BCUT2D eigenvalue weighted by atomic mass is 16.2. The zero-order valence-corrected chi connectivity index (χ0v) is 14.9. The number of carbonyl (C=O) groups is 1. The fraction of sp³-hybridized carbons (Fsp3) is 0.0909. The summed E-state index contributed by atoms with van der Waals surface area (Å²) in [5.74, 6) is -0.195. The van der Waals surface area contributed by atoms with Crippen LogP contribution in [0.15, 0.2) is 78.0 Å². The van der Waals surface area contributed by atoms with Gasteiger partial charge in [-0.3, -0.25) is 4.79 Å². The summed E-state index contributed by atoms with van der Waals surface area (Å²) in [7, 11) is 0.